The second-order valence-corrected chi connectivity index (χ2v) is 7.28. The molecular weight excluding hydrogens is 322 g/mol. The average molecular weight is 351 g/mol. The Kier molecular flexibility index (Phi) is 6.00. The number of carbonyl (C=O) groups is 1. The Hall–Kier alpha value is -2.25. The maximum absolute atomic E-state index is 11.4. The molecule has 0 unspecified atom stereocenters. The zero-order valence-electron chi connectivity index (χ0n) is 16.1. The highest BCUT2D eigenvalue weighted by molar-refractivity contribution is 5.94. The van der Waals surface area contributed by atoms with Gasteiger partial charge in [0.05, 0.1) is 5.69 Å². The standard InChI is InChI=1S/C22H29N3O/c1-4-25-20(8-10-22(26)23-2)16-19-15-18(7-9-21(19)25)6-5-17-11-13-24(3)14-12-17/h7,9,15-17H,4-6,11-14H2,1-3H3,(H,23,26). The highest BCUT2D eigenvalue weighted by Gasteiger charge is 2.16. The largest absolute Gasteiger partial charge is 0.348 e. The summed E-state index contributed by atoms with van der Waals surface area (Å²) in [5, 5.41) is 3.76. The summed E-state index contributed by atoms with van der Waals surface area (Å²) in [4.78, 5) is 13.8. The fraction of sp³-hybridized carbons (Fsp3) is 0.500. The monoisotopic (exact) mass is 351 g/mol. The summed E-state index contributed by atoms with van der Waals surface area (Å²) >= 11 is 0. The topological polar surface area (TPSA) is 37.3 Å². The molecule has 0 bridgehead atoms. The van der Waals surface area contributed by atoms with Crippen molar-refractivity contribution in [2.45, 2.75) is 39.2 Å². The van der Waals surface area contributed by atoms with Crippen molar-refractivity contribution in [2.24, 2.45) is 5.92 Å². The molecule has 0 saturated carbocycles. The predicted octanol–water partition coefficient (Wildman–Crippen LogP) is 3.03. The smallest absolute Gasteiger partial charge is 0.296 e. The second kappa shape index (κ2) is 8.42. The maximum atomic E-state index is 11.4. The number of piperidine rings is 1. The zero-order valence-corrected chi connectivity index (χ0v) is 16.1. The van der Waals surface area contributed by atoms with E-state index in [1.54, 1.807) is 7.05 Å². The molecule has 4 heteroatoms. The van der Waals surface area contributed by atoms with E-state index in [-0.39, 0.29) is 5.91 Å². The van der Waals surface area contributed by atoms with Gasteiger partial charge in [0.25, 0.3) is 5.91 Å². The van der Waals surface area contributed by atoms with Crippen LogP contribution in [0.1, 0.15) is 37.4 Å². The Morgan fingerprint density at radius 1 is 1.27 bits per heavy atom. The van der Waals surface area contributed by atoms with Crippen molar-refractivity contribution in [1.82, 2.24) is 14.8 Å². The van der Waals surface area contributed by atoms with Gasteiger partial charge in [0.15, 0.2) is 0 Å². The van der Waals surface area contributed by atoms with E-state index in [0.717, 1.165) is 24.6 Å². The minimum atomic E-state index is -0.253. The summed E-state index contributed by atoms with van der Waals surface area (Å²) in [6, 6.07) is 8.85. The number of aromatic nitrogens is 1. The molecule has 1 aromatic carbocycles. The first-order valence-electron chi connectivity index (χ1n) is 9.65. The minimum Gasteiger partial charge on any atom is -0.348 e. The summed E-state index contributed by atoms with van der Waals surface area (Å²) in [7, 11) is 3.82. The quantitative estimate of drug-likeness (QED) is 0.860. The fourth-order valence-electron chi connectivity index (χ4n) is 3.82. The predicted molar refractivity (Wildman–Crippen MR) is 107 cm³/mol. The number of nitrogens with zero attached hydrogens (tertiary/aromatic N) is 2. The number of benzene rings is 1. The van der Waals surface area contributed by atoms with Gasteiger partial charge in [0, 0.05) is 30.4 Å². The van der Waals surface area contributed by atoms with Crippen molar-refractivity contribution in [2.75, 3.05) is 27.2 Å². The van der Waals surface area contributed by atoms with Crippen LogP contribution in [0.2, 0.25) is 0 Å². The number of fused-ring (bicyclic) bond motifs is 1. The molecule has 1 aliphatic heterocycles. The SMILES string of the molecule is CCn1c(C#CC(=O)NC)cc2cc(CCC3CCN(C)CC3)ccc21. The van der Waals surface area contributed by atoms with Crippen molar-refractivity contribution in [3.8, 4) is 11.8 Å². The summed E-state index contributed by atoms with van der Waals surface area (Å²) < 4.78 is 2.17. The van der Waals surface area contributed by atoms with Gasteiger partial charge in [-0.25, -0.2) is 0 Å². The average Bonchev–Trinajstić information content (AvgIpc) is 3.02. The van der Waals surface area contributed by atoms with Crippen LogP contribution >= 0.6 is 0 Å². The fourth-order valence-corrected chi connectivity index (χ4v) is 3.82. The second-order valence-electron chi connectivity index (χ2n) is 7.28. The van der Waals surface area contributed by atoms with E-state index in [9.17, 15) is 4.79 Å². The normalized spacial score (nSPS) is 15.7. The van der Waals surface area contributed by atoms with Gasteiger partial charge >= 0.3 is 0 Å². The highest BCUT2D eigenvalue weighted by Crippen LogP contribution is 2.25. The van der Waals surface area contributed by atoms with Crippen LogP contribution in [-0.4, -0.2) is 42.6 Å². The molecule has 138 valence electrons. The first kappa shape index (κ1) is 18.5. The molecule has 2 aromatic rings. The van der Waals surface area contributed by atoms with Crippen LogP contribution < -0.4 is 5.32 Å². The van der Waals surface area contributed by atoms with E-state index in [2.05, 4.69) is 64.9 Å². The summed E-state index contributed by atoms with van der Waals surface area (Å²) in [5.41, 5.74) is 3.49. The Labute approximate surface area is 156 Å². The van der Waals surface area contributed by atoms with E-state index in [0.29, 0.717) is 0 Å². The number of amides is 1. The van der Waals surface area contributed by atoms with Gasteiger partial charge in [-0.05, 0) is 88.3 Å². The lowest BCUT2D eigenvalue weighted by molar-refractivity contribution is -0.115. The van der Waals surface area contributed by atoms with Crippen LogP contribution in [0.5, 0.6) is 0 Å². The Bertz CT molecular complexity index is 832. The number of hydrogen-bond acceptors (Lipinski definition) is 2. The van der Waals surface area contributed by atoms with Crippen LogP contribution in [0, 0.1) is 17.8 Å². The molecule has 1 N–H and O–H groups in total. The van der Waals surface area contributed by atoms with Gasteiger partial charge in [-0.2, -0.15) is 0 Å². The number of aryl methyl sites for hydroxylation is 2. The van der Waals surface area contributed by atoms with Crippen LogP contribution in [-0.2, 0) is 17.8 Å². The number of nitrogens with one attached hydrogen (secondary N) is 1. The lowest BCUT2D eigenvalue weighted by atomic mass is 9.90. The summed E-state index contributed by atoms with van der Waals surface area (Å²) in [5.74, 6) is 6.26. The van der Waals surface area contributed by atoms with Crippen LogP contribution in [0.25, 0.3) is 10.9 Å². The highest BCUT2D eigenvalue weighted by atomic mass is 16.1. The Morgan fingerprint density at radius 3 is 2.73 bits per heavy atom. The van der Waals surface area contributed by atoms with Crippen molar-refractivity contribution >= 4 is 16.8 Å². The summed E-state index contributed by atoms with van der Waals surface area (Å²) in [6.07, 6.45) is 5.06. The van der Waals surface area contributed by atoms with Crippen molar-refractivity contribution in [3.05, 3.63) is 35.5 Å². The number of likely N-dealkylation sites (tertiary alicyclic amines) is 1. The first-order chi connectivity index (χ1) is 12.6. The molecule has 1 amide bonds. The maximum Gasteiger partial charge on any atom is 0.296 e. The lowest BCUT2D eigenvalue weighted by Gasteiger charge is -2.28. The lowest BCUT2D eigenvalue weighted by Crippen LogP contribution is -2.30. The molecule has 0 aliphatic carbocycles. The molecule has 0 radical (unpaired) electrons. The van der Waals surface area contributed by atoms with Crippen molar-refractivity contribution < 1.29 is 4.79 Å². The van der Waals surface area contributed by atoms with E-state index >= 15 is 0 Å². The third kappa shape index (κ3) is 4.28. The molecule has 0 spiro atoms. The van der Waals surface area contributed by atoms with Gasteiger partial charge in [-0.15, -0.1) is 0 Å². The van der Waals surface area contributed by atoms with Crippen LogP contribution in [0.3, 0.4) is 0 Å². The van der Waals surface area contributed by atoms with Gasteiger partial charge in [0.2, 0.25) is 0 Å². The molecule has 3 rings (SSSR count). The number of carbonyl (C=O) groups excluding carboxylic acids is 1. The molecular formula is C22H29N3O. The van der Waals surface area contributed by atoms with E-state index in [4.69, 9.17) is 0 Å². The Morgan fingerprint density at radius 2 is 2.04 bits per heavy atom. The molecule has 1 saturated heterocycles. The van der Waals surface area contributed by atoms with Crippen LogP contribution in [0.15, 0.2) is 24.3 Å². The van der Waals surface area contributed by atoms with Crippen molar-refractivity contribution in [1.29, 1.82) is 0 Å². The van der Waals surface area contributed by atoms with Gasteiger partial charge < -0.3 is 14.8 Å². The molecule has 0 atom stereocenters. The molecule has 4 nitrogen and oxygen atoms in total. The molecule has 1 aliphatic rings. The van der Waals surface area contributed by atoms with Crippen LogP contribution in [0.4, 0.5) is 0 Å². The minimum absolute atomic E-state index is 0.253. The summed E-state index contributed by atoms with van der Waals surface area (Å²) in [6.45, 7) is 5.42. The Balaban J connectivity index is 1.75. The molecule has 1 fully saturated rings. The first-order valence-corrected chi connectivity index (χ1v) is 9.65. The van der Waals surface area contributed by atoms with E-state index in [1.807, 2.05) is 0 Å². The molecule has 26 heavy (non-hydrogen) atoms. The third-order valence-corrected chi connectivity index (χ3v) is 5.49. The van der Waals surface area contributed by atoms with Gasteiger partial charge in [0.1, 0.15) is 0 Å². The van der Waals surface area contributed by atoms with Crippen molar-refractivity contribution in [3.63, 3.8) is 0 Å². The molecule has 1 aromatic heterocycles. The van der Waals surface area contributed by atoms with E-state index in [1.165, 1.54) is 48.8 Å². The third-order valence-electron chi connectivity index (χ3n) is 5.49. The number of hydrogen-bond donors (Lipinski definition) is 1. The zero-order chi connectivity index (χ0) is 18.5. The van der Waals surface area contributed by atoms with Gasteiger partial charge in [-0.3, -0.25) is 4.79 Å². The molecule has 2 heterocycles. The van der Waals surface area contributed by atoms with E-state index < -0.39 is 0 Å². The van der Waals surface area contributed by atoms with Gasteiger partial charge in [-0.1, -0.05) is 6.07 Å². The number of rotatable bonds is 4.